The van der Waals surface area contributed by atoms with Crippen LogP contribution >= 0.6 is 22.7 Å². The lowest BCUT2D eigenvalue weighted by molar-refractivity contribution is 0.637. The van der Waals surface area contributed by atoms with Gasteiger partial charge in [-0.3, -0.25) is 0 Å². The van der Waals surface area contributed by atoms with Gasteiger partial charge in [0, 0.05) is 6.42 Å². The number of thiophene rings is 1. The zero-order valence-corrected chi connectivity index (χ0v) is 12.3. The third-order valence-electron chi connectivity index (χ3n) is 2.76. The molecule has 0 atom stereocenters. The molecule has 0 aliphatic rings. The largest absolute Gasteiger partial charge is 0.217 e. The predicted octanol–water partition coefficient (Wildman–Crippen LogP) is 4.03. The number of imidazole rings is 1. The molecule has 0 radical (unpaired) electrons. The van der Waals surface area contributed by atoms with E-state index in [1.54, 1.807) is 22.7 Å². The molecule has 3 aromatic rings. The fourth-order valence-corrected chi connectivity index (χ4v) is 3.89. The molecule has 0 spiro atoms. The molecule has 0 unspecified atom stereocenters. The Bertz CT molecular complexity index is 644. The monoisotopic (exact) mass is 277 g/mol. The number of hydrogen-bond acceptors (Lipinski definition) is 4. The number of aryl methyl sites for hydroxylation is 1. The quantitative estimate of drug-likeness (QED) is 0.723. The number of aromatic nitrogens is 3. The average molecular weight is 277 g/mol. The summed E-state index contributed by atoms with van der Waals surface area (Å²) in [7, 11) is 0. The van der Waals surface area contributed by atoms with Crippen LogP contribution in [0.4, 0.5) is 0 Å². The Morgan fingerprint density at radius 2 is 2.22 bits per heavy atom. The van der Waals surface area contributed by atoms with Crippen molar-refractivity contribution in [1.82, 2.24) is 14.6 Å². The second-order valence-electron chi connectivity index (χ2n) is 4.88. The van der Waals surface area contributed by atoms with E-state index in [0.29, 0.717) is 5.92 Å². The van der Waals surface area contributed by atoms with Crippen LogP contribution in [0.3, 0.4) is 0 Å². The van der Waals surface area contributed by atoms with Crippen molar-refractivity contribution in [3.8, 4) is 10.6 Å². The second-order valence-corrected chi connectivity index (χ2v) is 6.84. The van der Waals surface area contributed by atoms with Gasteiger partial charge in [0.05, 0.1) is 11.1 Å². The van der Waals surface area contributed by atoms with Gasteiger partial charge in [-0.1, -0.05) is 25.2 Å². The van der Waals surface area contributed by atoms with Crippen molar-refractivity contribution < 1.29 is 0 Å². The van der Waals surface area contributed by atoms with Crippen LogP contribution in [-0.4, -0.2) is 14.6 Å². The van der Waals surface area contributed by atoms with Crippen molar-refractivity contribution in [2.45, 2.75) is 27.2 Å². The smallest absolute Gasteiger partial charge is 0.212 e. The molecule has 0 N–H and O–H groups in total. The highest BCUT2D eigenvalue weighted by molar-refractivity contribution is 7.16. The summed E-state index contributed by atoms with van der Waals surface area (Å²) in [6, 6.07) is 2.13. The minimum atomic E-state index is 0.639. The fraction of sp³-hybridized carbons (Fsp3) is 0.385. The zero-order chi connectivity index (χ0) is 12.7. The summed E-state index contributed by atoms with van der Waals surface area (Å²) in [6.45, 7) is 6.55. The summed E-state index contributed by atoms with van der Waals surface area (Å²) in [4.78, 5) is 6.92. The van der Waals surface area contributed by atoms with E-state index in [2.05, 4.69) is 42.3 Å². The maximum absolute atomic E-state index is 4.67. The Labute approximate surface area is 114 Å². The van der Waals surface area contributed by atoms with E-state index in [1.807, 2.05) is 10.7 Å². The van der Waals surface area contributed by atoms with Crippen LogP contribution < -0.4 is 0 Å². The maximum Gasteiger partial charge on any atom is 0.212 e. The van der Waals surface area contributed by atoms with Crippen LogP contribution in [0, 0.1) is 12.8 Å². The molecule has 3 nitrogen and oxygen atoms in total. The van der Waals surface area contributed by atoms with Crippen LogP contribution in [0.2, 0.25) is 0 Å². The average Bonchev–Trinajstić information content (AvgIpc) is 2.90. The van der Waals surface area contributed by atoms with E-state index < -0.39 is 0 Å². The summed E-state index contributed by atoms with van der Waals surface area (Å²) in [5.74, 6) is 0.639. The number of nitrogens with zero attached hydrogens (tertiary/aromatic N) is 3. The molecule has 18 heavy (non-hydrogen) atoms. The van der Waals surface area contributed by atoms with Crippen LogP contribution in [0.5, 0.6) is 0 Å². The minimum absolute atomic E-state index is 0.639. The number of hydrogen-bond donors (Lipinski definition) is 0. The highest BCUT2D eigenvalue weighted by Crippen LogP contribution is 2.29. The van der Waals surface area contributed by atoms with Crippen molar-refractivity contribution in [2.75, 3.05) is 0 Å². The SMILES string of the molecule is Cc1ccsc1-c1cn2nc(CC(C)C)sc2n1. The van der Waals surface area contributed by atoms with Gasteiger partial charge in [0.1, 0.15) is 10.7 Å². The highest BCUT2D eigenvalue weighted by Gasteiger charge is 2.12. The van der Waals surface area contributed by atoms with Crippen LogP contribution in [0.25, 0.3) is 15.5 Å². The highest BCUT2D eigenvalue weighted by atomic mass is 32.1. The van der Waals surface area contributed by atoms with Crippen LogP contribution in [0.15, 0.2) is 17.6 Å². The van der Waals surface area contributed by atoms with Crippen LogP contribution in [-0.2, 0) is 6.42 Å². The van der Waals surface area contributed by atoms with Gasteiger partial charge in [0.2, 0.25) is 4.96 Å². The first kappa shape index (κ1) is 11.9. The van der Waals surface area contributed by atoms with E-state index in [-0.39, 0.29) is 0 Å². The Balaban J connectivity index is 1.98. The number of rotatable bonds is 3. The molecule has 0 aliphatic carbocycles. The molecule has 5 heteroatoms. The van der Waals surface area contributed by atoms with E-state index in [0.717, 1.165) is 17.1 Å². The summed E-state index contributed by atoms with van der Waals surface area (Å²) in [5, 5.41) is 7.87. The third-order valence-corrected chi connectivity index (χ3v) is 4.75. The Morgan fingerprint density at radius 1 is 1.39 bits per heavy atom. The molecular formula is C13H15N3S2. The normalized spacial score (nSPS) is 11.8. The molecule has 0 aliphatic heterocycles. The Kier molecular flexibility index (Phi) is 2.95. The molecule has 0 bridgehead atoms. The molecule has 0 fully saturated rings. The predicted molar refractivity (Wildman–Crippen MR) is 77.5 cm³/mol. The molecule has 0 amide bonds. The van der Waals surface area contributed by atoms with Gasteiger partial charge >= 0.3 is 0 Å². The first-order valence-electron chi connectivity index (χ1n) is 6.03. The molecule has 0 saturated heterocycles. The van der Waals surface area contributed by atoms with Crippen molar-refractivity contribution in [3.63, 3.8) is 0 Å². The van der Waals surface area contributed by atoms with E-state index >= 15 is 0 Å². The molecule has 3 rings (SSSR count). The van der Waals surface area contributed by atoms with Crippen LogP contribution in [0.1, 0.15) is 24.4 Å². The van der Waals surface area contributed by atoms with E-state index in [4.69, 9.17) is 0 Å². The van der Waals surface area contributed by atoms with Gasteiger partial charge in [-0.15, -0.1) is 11.3 Å². The van der Waals surface area contributed by atoms with Gasteiger partial charge < -0.3 is 0 Å². The molecule has 3 heterocycles. The molecule has 94 valence electrons. The third kappa shape index (κ3) is 2.08. The summed E-state index contributed by atoms with van der Waals surface area (Å²) in [5.41, 5.74) is 2.32. The van der Waals surface area contributed by atoms with Gasteiger partial charge in [0.25, 0.3) is 0 Å². The summed E-state index contributed by atoms with van der Waals surface area (Å²) >= 11 is 3.43. The lowest BCUT2D eigenvalue weighted by Gasteiger charge is -1.97. The van der Waals surface area contributed by atoms with Crippen molar-refractivity contribution in [1.29, 1.82) is 0 Å². The van der Waals surface area contributed by atoms with Gasteiger partial charge in [-0.2, -0.15) is 5.10 Å². The van der Waals surface area contributed by atoms with Crippen molar-refractivity contribution >= 4 is 27.6 Å². The first-order chi connectivity index (χ1) is 8.63. The molecule has 0 aromatic carbocycles. The van der Waals surface area contributed by atoms with Gasteiger partial charge in [0.15, 0.2) is 0 Å². The molecular weight excluding hydrogens is 262 g/mol. The fourth-order valence-electron chi connectivity index (χ4n) is 1.92. The summed E-state index contributed by atoms with van der Waals surface area (Å²) < 4.78 is 1.91. The standard InChI is InChI=1S/C13H15N3S2/c1-8(2)6-11-15-16-7-10(14-13(16)18-11)12-9(3)4-5-17-12/h4-5,7-8H,6H2,1-3H3. The van der Waals surface area contributed by atoms with Gasteiger partial charge in [-0.25, -0.2) is 9.50 Å². The van der Waals surface area contributed by atoms with Gasteiger partial charge in [-0.05, 0) is 29.9 Å². The molecule has 0 saturated carbocycles. The van der Waals surface area contributed by atoms with E-state index in [1.165, 1.54) is 15.4 Å². The Hall–Kier alpha value is -1.20. The van der Waals surface area contributed by atoms with Crippen molar-refractivity contribution in [3.05, 3.63) is 28.2 Å². The number of fused-ring (bicyclic) bond motifs is 1. The summed E-state index contributed by atoms with van der Waals surface area (Å²) in [6.07, 6.45) is 3.07. The topological polar surface area (TPSA) is 30.2 Å². The zero-order valence-electron chi connectivity index (χ0n) is 10.7. The van der Waals surface area contributed by atoms with Crippen molar-refractivity contribution in [2.24, 2.45) is 5.92 Å². The molecule has 3 aromatic heterocycles. The Morgan fingerprint density at radius 3 is 2.83 bits per heavy atom. The second kappa shape index (κ2) is 4.48. The minimum Gasteiger partial charge on any atom is -0.217 e. The van der Waals surface area contributed by atoms with E-state index in [9.17, 15) is 0 Å². The lowest BCUT2D eigenvalue weighted by Crippen LogP contribution is -1.94. The first-order valence-corrected chi connectivity index (χ1v) is 7.72. The lowest BCUT2D eigenvalue weighted by atomic mass is 10.1. The maximum atomic E-state index is 4.67.